The van der Waals surface area contributed by atoms with Crippen LogP contribution in [0.1, 0.15) is 10.4 Å². The minimum atomic E-state index is -0.525. The van der Waals surface area contributed by atoms with Crippen LogP contribution < -0.4 is 0 Å². The van der Waals surface area contributed by atoms with Gasteiger partial charge in [0.25, 0.3) is 5.91 Å². The van der Waals surface area contributed by atoms with Crippen molar-refractivity contribution >= 4 is 34.9 Å². The second-order valence-corrected chi connectivity index (χ2v) is 2.39. The van der Waals surface area contributed by atoms with Crippen LogP contribution in [0.2, 0.25) is 5.15 Å². The molecule has 12 heavy (non-hydrogen) atoms. The number of halogens is 1. The van der Waals surface area contributed by atoms with Crippen LogP contribution in [0.4, 0.5) is 0 Å². The summed E-state index contributed by atoms with van der Waals surface area (Å²) >= 11 is 9.87. The highest BCUT2D eigenvalue weighted by Gasteiger charge is 2.07. The van der Waals surface area contributed by atoms with Crippen molar-refractivity contribution in [2.24, 2.45) is 4.99 Å². The molecule has 0 atom stereocenters. The number of aliphatic imine (C=N–C) groups is 1. The fourth-order valence-corrected chi connectivity index (χ4v) is 0.930. The Morgan fingerprint density at radius 1 is 1.75 bits per heavy atom. The number of aromatic nitrogens is 1. The maximum absolute atomic E-state index is 11.0. The molecule has 0 aliphatic heterocycles. The second-order valence-electron chi connectivity index (χ2n) is 1.85. The number of carbonyl (C=O) groups excluding carboxylic acids is 1. The largest absolute Gasteiger partial charge is 0.288 e. The molecule has 0 saturated heterocycles. The molecule has 0 radical (unpaired) electrons. The lowest BCUT2D eigenvalue weighted by atomic mass is 10.3. The Labute approximate surface area is 79.1 Å². The van der Waals surface area contributed by atoms with Gasteiger partial charge in [-0.3, -0.25) is 4.79 Å². The molecule has 1 rings (SSSR count). The normalized spacial score (nSPS) is 8.75. The van der Waals surface area contributed by atoms with Crippen molar-refractivity contribution in [3.05, 3.63) is 29.0 Å². The number of pyridine rings is 1. The van der Waals surface area contributed by atoms with Crippen molar-refractivity contribution in [3.63, 3.8) is 0 Å². The third-order valence-electron chi connectivity index (χ3n) is 1.14. The minimum absolute atomic E-state index is 0.122. The molecule has 1 aromatic rings. The number of carbonyl (C=O) groups is 1. The first-order valence-corrected chi connectivity index (χ1v) is 3.77. The van der Waals surface area contributed by atoms with Gasteiger partial charge < -0.3 is 0 Å². The van der Waals surface area contributed by atoms with E-state index >= 15 is 0 Å². The molecule has 0 aliphatic carbocycles. The Morgan fingerprint density at radius 3 is 3.08 bits per heavy atom. The van der Waals surface area contributed by atoms with E-state index in [1.54, 1.807) is 6.07 Å². The number of hydrogen-bond donors (Lipinski definition) is 0. The molecule has 60 valence electrons. The molecule has 1 heterocycles. The summed E-state index contributed by atoms with van der Waals surface area (Å²) in [4.78, 5) is 18.0. The summed E-state index contributed by atoms with van der Waals surface area (Å²) in [5, 5.41) is 2.09. The Morgan fingerprint density at radius 2 is 2.50 bits per heavy atom. The number of amides is 1. The quantitative estimate of drug-likeness (QED) is 0.394. The highest BCUT2D eigenvalue weighted by Crippen LogP contribution is 2.11. The van der Waals surface area contributed by atoms with Crippen LogP contribution in [0.3, 0.4) is 0 Å². The van der Waals surface area contributed by atoms with Gasteiger partial charge in [-0.25, -0.2) is 4.98 Å². The summed E-state index contributed by atoms with van der Waals surface area (Å²) in [7, 11) is 0. The van der Waals surface area contributed by atoms with Crippen LogP contribution in [0.5, 0.6) is 0 Å². The van der Waals surface area contributed by atoms with Crippen LogP contribution >= 0.6 is 23.8 Å². The Kier molecular flexibility index (Phi) is 3.05. The zero-order chi connectivity index (χ0) is 8.97. The van der Waals surface area contributed by atoms with Crippen LogP contribution in [0.15, 0.2) is 23.3 Å². The van der Waals surface area contributed by atoms with Gasteiger partial charge >= 0.3 is 0 Å². The molecule has 3 nitrogen and oxygen atoms in total. The zero-order valence-corrected chi connectivity index (χ0v) is 7.39. The molecular formula is C7H3ClN2OS. The van der Waals surface area contributed by atoms with Crippen molar-refractivity contribution < 1.29 is 4.79 Å². The number of rotatable bonds is 1. The first-order valence-electron chi connectivity index (χ1n) is 2.98. The molecule has 0 bridgehead atoms. The number of thiocarbonyl (C=S) groups is 1. The molecule has 0 N–H and O–H groups in total. The van der Waals surface area contributed by atoms with Crippen molar-refractivity contribution in [1.82, 2.24) is 4.98 Å². The monoisotopic (exact) mass is 198 g/mol. The van der Waals surface area contributed by atoms with E-state index in [1.807, 2.05) is 5.16 Å². The topological polar surface area (TPSA) is 42.3 Å². The second kappa shape index (κ2) is 4.07. The van der Waals surface area contributed by atoms with Gasteiger partial charge in [0, 0.05) is 6.20 Å². The van der Waals surface area contributed by atoms with E-state index in [0.29, 0.717) is 0 Å². The van der Waals surface area contributed by atoms with Crippen molar-refractivity contribution in [2.75, 3.05) is 0 Å². The summed E-state index contributed by atoms with van der Waals surface area (Å²) in [6.45, 7) is 0. The summed E-state index contributed by atoms with van der Waals surface area (Å²) in [5.74, 6) is -0.525. The third-order valence-corrected chi connectivity index (χ3v) is 1.53. The Balaban J connectivity index is 3.11. The molecule has 0 spiro atoms. The predicted molar refractivity (Wildman–Crippen MR) is 48.6 cm³/mol. The summed E-state index contributed by atoms with van der Waals surface area (Å²) in [6.07, 6.45) is 1.49. The molecular weight excluding hydrogens is 196 g/mol. The van der Waals surface area contributed by atoms with E-state index in [0.717, 1.165) is 0 Å². The van der Waals surface area contributed by atoms with E-state index in [2.05, 4.69) is 22.2 Å². The molecule has 0 aliphatic rings. The SMILES string of the molecule is O=C(N=C=S)c1cccnc1Cl. The van der Waals surface area contributed by atoms with Gasteiger partial charge in [0.05, 0.1) is 10.7 Å². The van der Waals surface area contributed by atoms with Gasteiger partial charge in [0.15, 0.2) is 0 Å². The fraction of sp³-hybridized carbons (Fsp3) is 0. The maximum Gasteiger partial charge on any atom is 0.288 e. The molecule has 1 amide bonds. The minimum Gasteiger partial charge on any atom is -0.266 e. The van der Waals surface area contributed by atoms with E-state index in [1.165, 1.54) is 12.3 Å². The van der Waals surface area contributed by atoms with Crippen LogP contribution in [0.25, 0.3) is 0 Å². The standard InChI is InChI=1S/C7H3ClN2OS/c8-6-5(2-1-3-9-6)7(11)10-4-12/h1-3H. The highest BCUT2D eigenvalue weighted by atomic mass is 35.5. The van der Waals surface area contributed by atoms with Gasteiger partial charge in [0.2, 0.25) is 0 Å². The first-order chi connectivity index (χ1) is 5.75. The van der Waals surface area contributed by atoms with Crippen LogP contribution in [0, 0.1) is 0 Å². The van der Waals surface area contributed by atoms with E-state index in [-0.39, 0.29) is 10.7 Å². The highest BCUT2D eigenvalue weighted by molar-refractivity contribution is 7.78. The Bertz CT molecular complexity index is 360. The molecule has 0 saturated carbocycles. The van der Waals surface area contributed by atoms with Crippen LogP contribution in [-0.4, -0.2) is 16.1 Å². The predicted octanol–water partition coefficient (Wildman–Crippen LogP) is 1.98. The van der Waals surface area contributed by atoms with Crippen molar-refractivity contribution in [2.45, 2.75) is 0 Å². The lowest BCUT2D eigenvalue weighted by molar-refractivity contribution is 0.100. The lowest BCUT2D eigenvalue weighted by Crippen LogP contribution is -1.96. The number of isothiocyanates is 1. The van der Waals surface area contributed by atoms with Crippen molar-refractivity contribution in [3.8, 4) is 0 Å². The van der Waals surface area contributed by atoms with E-state index in [4.69, 9.17) is 11.6 Å². The van der Waals surface area contributed by atoms with Gasteiger partial charge in [0.1, 0.15) is 5.15 Å². The van der Waals surface area contributed by atoms with Gasteiger partial charge in [-0.05, 0) is 24.4 Å². The number of hydrogen-bond acceptors (Lipinski definition) is 3. The summed E-state index contributed by atoms with van der Waals surface area (Å²) in [6, 6.07) is 3.12. The zero-order valence-electron chi connectivity index (χ0n) is 5.82. The van der Waals surface area contributed by atoms with E-state index < -0.39 is 5.91 Å². The van der Waals surface area contributed by atoms with Crippen LogP contribution in [-0.2, 0) is 0 Å². The molecule has 0 unspecified atom stereocenters. The first kappa shape index (κ1) is 9.00. The summed E-state index contributed by atoms with van der Waals surface area (Å²) in [5.41, 5.74) is 0.233. The van der Waals surface area contributed by atoms with Gasteiger partial charge in [-0.2, -0.15) is 4.99 Å². The average molecular weight is 199 g/mol. The van der Waals surface area contributed by atoms with Gasteiger partial charge in [-0.15, -0.1) is 0 Å². The maximum atomic E-state index is 11.0. The molecule has 0 fully saturated rings. The third kappa shape index (κ3) is 1.95. The summed E-state index contributed by atoms with van der Waals surface area (Å²) < 4.78 is 0. The molecule has 0 aromatic carbocycles. The smallest absolute Gasteiger partial charge is 0.266 e. The molecule has 1 aromatic heterocycles. The lowest BCUT2D eigenvalue weighted by Gasteiger charge is -1.94. The fourth-order valence-electron chi connectivity index (χ4n) is 0.647. The average Bonchev–Trinajstić information content (AvgIpc) is 2.05. The molecule has 5 heteroatoms. The number of nitrogens with zero attached hydrogens (tertiary/aromatic N) is 2. The Hall–Kier alpha value is -1.09. The van der Waals surface area contributed by atoms with E-state index in [9.17, 15) is 4.79 Å². The van der Waals surface area contributed by atoms with Gasteiger partial charge in [-0.1, -0.05) is 11.6 Å². The van der Waals surface area contributed by atoms with Crippen molar-refractivity contribution in [1.29, 1.82) is 0 Å².